The number of methoxy groups -OCH3 is 1. The lowest BCUT2D eigenvalue weighted by atomic mass is 9.84. The maximum absolute atomic E-state index is 15.8. The van der Waals surface area contributed by atoms with Crippen LogP contribution < -0.4 is 10.7 Å². The minimum absolute atomic E-state index is 0.124. The summed E-state index contributed by atoms with van der Waals surface area (Å²) >= 11 is 1.29. The Morgan fingerprint density at radius 2 is 1.87 bits per heavy atom. The summed E-state index contributed by atoms with van der Waals surface area (Å²) in [5.74, 6) is -7.73. The molecule has 1 aromatic carbocycles. The van der Waals surface area contributed by atoms with E-state index in [-0.39, 0.29) is 37.5 Å². The van der Waals surface area contributed by atoms with E-state index >= 15 is 8.78 Å². The van der Waals surface area contributed by atoms with Crippen molar-refractivity contribution in [1.29, 1.82) is 0 Å². The number of hydrogen-bond donors (Lipinski definition) is 2. The van der Waals surface area contributed by atoms with Crippen molar-refractivity contribution in [2.45, 2.75) is 104 Å². The van der Waals surface area contributed by atoms with E-state index < -0.39 is 72.0 Å². The fourth-order valence-electron chi connectivity index (χ4n) is 9.64. The molecule has 69 heavy (non-hydrogen) atoms. The number of halogens is 2. The molecule has 4 aromatic rings. The highest BCUT2D eigenvalue weighted by atomic mass is 32.1. The molecule has 0 aliphatic carbocycles. The number of aryl methyl sites for hydroxylation is 1. The third-order valence-corrected chi connectivity index (χ3v) is 14.2. The van der Waals surface area contributed by atoms with Crippen LogP contribution in [0.4, 0.5) is 8.78 Å². The first-order valence-corrected chi connectivity index (χ1v) is 24.4. The number of aromatic nitrogens is 3. The minimum atomic E-state index is -3.58. The van der Waals surface area contributed by atoms with Crippen LogP contribution in [0.3, 0.4) is 0 Å². The maximum Gasteiger partial charge on any atom is 0.331 e. The summed E-state index contributed by atoms with van der Waals surface area (Å²) in [7, 11) is 6.77. The number of likely N-dealkylation sites (N-methyl/N-ethyl adjacent to an activating group) is 1. The van der Waals surface area contributed by atoms with Gasteiger partial charge >= 0.3 is 5.97 Å². The van der Waals surface area contributed by atoms with Gasteiger partial charge in [0.05, 0.1) is 40.7 Å². The van der Waals surface area contributed by atoms with Crippen molar-refractivity contribution in [3.63, 3.8) is 0 Å². The molecule has 2 fully saturated rings. The van der Waals surface area contributed by atoms with Crippen LogP contribution in [-0.4, -0.2) is 142 Å². The van der Waals surface area contributed by atoms with Crippen molar-refractivity contribution in [2.75, 3.05) is 54.5 Å². The van der Waals surface area contributed by atoms with E-state index in [1.54, 1.807) is 57.2 Å². The highest BCUT2D eigenvalue weighted by molar-refractivity contribution is 7.10. The third-order valence-electron chi connectivity index (χ3n) is 13.3. The third kappa shape index (κ3) is 10.8. The van der Waals surface area contributed by atoms with Gasteiger partial charge in [-0.2, -0.15) is 0 Å². The summed E-state index contributed by atoms with van der Waals surface area (Å²) in [4.78, 5) is 84.2. The van der Waals surface area contributed by atoms with E-state index in [4.69, 9.17) is 19.4 Å². The van der Waals surface area contributed by atoms with Gasteiger partial charge in [-0.25, -0.2) is 19.2 Å². The first-order valence-electron chi connectivity index (χ1n) is 23.5. The molecule has 0 unspecified atom stereocenters. The predicted octanol–water partition coefficient (Wildman–Crippen LogP) is 5.85. The number of thiazole rings is 1. The standard InChI is InChI=1S/C50H65F2N9O7S/c1-11-60-38-15-14-31-23-34(38)35(43(60)33-13-12-19-53-41(33)30(4)67-10)25-49(5,6)28-68-48(66)44-50(51,52)18-22-61(56-44)47(65)36(24-39-54-37(31)27-69-39)55-45(63)42(29(2)3)58(9)46(64)32-16-21-59(26-32)40(62)17-20-57(7)8/h12-15,17,19-20,23,27,29-30,32,36,42,44,56H,11,16,18,21-22,24-26,28H2,1-10H3,(H,55,63)/b20-17+/t30-,32-,36-,42-,44+/m0/s1. The number of pyridine rings is 1. The Morgan fingerprint density at radius 1 is 1.12 bits per heavy atom. The molecule has 5 atom stereocenters. The van der Waals surface area contributed by atoms with E-state index in [1.807, 2.05) is 50.4 Å². The van der Waals surface area contributed by atoms with Crippen molar-refractivity contribution >= 4 is 51.8 Å². The molecule has 0 saturated carbocycles. The van der Waals surface area contributed by atoms with Gasteiger partial charge in [-0.3, -0.25) is 34.0 Å². The smallest absolute Gasteiger partial charge is 0.331 e. The second-order valence-electron chi connectivity index (χ2n) is 19.7. The lowest BCUT2D eigenvalue weighted by molar-refractivity contribution is -0.176. The van der Waals surface area contributed by atoms with Gasteiger partial charge in [0.15, 0.2) is 6.04 Å². The van der Waals surface area contributed by atoms with Crippen LogP contribution in [0.15, 0.2) is 54.2 Å². The fraction of sp³-hybridized carbons (Fsp3) is 0.540. The number of rotatable bonds is 11. The van der Waals surface area contributed by atoms with Crippen LogP contribution in [0.1, 0.15) is 76.8 Å². The number of benzene rings is 1. The number of hydrogen-bond acceptors (Lipinski definition) is 12. The number of carbonyl (C=O) groups excluding carboxylic acids is 5. The summed E-state index contributed by atoms with van der Waals surface area (Å²) in [6.07, 6.45) is 4.31. The van der Waals surface area contributed by atoms with E-state index in [2.05, 4.69) is 28.3 Å². The van der Waals surface area contributed by atoms with E-state index in [1.165, 1.54) is 29.4 Å². The second kappa shape index (κ2) is 20.7. The summed E-state index contributed by atoms with van der Waals surface area (Å²) in [6.45, 7) is 11.9. The summed E-state index contributed by atoms with van der Waals surface area (Å²) < 4.78 is 45.3. The highest BCUT2D eigenvalue weighted by Crippen LogP contribution is 2.42. The Bertz CT molecular complexity index is 2610. The molecule has 6 bridgehead atoms. The average Bonchev–Trinajstić information content (AvgIpc) is 4.07. The predicted molar refractivity (Wildman–Crippen MR) is 259 cm³/mol. The molecular formula is C50H65F2N9O7S. The Hall–Kier alpha value is -5.79. The molecule has 7 rings (SSSR count). The first kappa shape index (κ1) is 51.1. The zero-order valence-corrected chi connectivity index (χ0v) is 42.0. The van der Waals surface area contributed by atoms with Gasteiger partial charge < -0.3 is 34.1 Å². The average molecular weight is 974 g/mol. The molecule has 19 heteroatoms. The first-order chi connectivity index (χ1) is 32.6. The van der Waals surface area contributed by atoms with Gasteiger partial charge in [-0.1, -0.05) is 33.8 Å². The molecule has 0 radical (unpaired) electrons. The summed E-state index contributed by atoms with van der Waals surface area (Å²) in [6, 6.07) is 5.41. The van der Waals surface area contributed by atoms with Gasteiger partial charge in [-0.05, 0) is 62.4 Å². The number of esters is 1. The van der Waals surface area contributed by atoms with Gasteiger partial charge in [0, 0.05) is 119 Å². The van der Waals surface area contributed by atoms with Gasteiger partial charge in [-0.15, -0.1) is 11.3 Å². The van der Waals surface area contributed by atoms with Crippen LogP contribution in [0.5, 0.6) is 0 Å². The monoisotopic (exact) mass is 973 g/mol. The summed E-state index contributed by atoms with van der Waals surface area (Å²) in [5.41, 5.74) is 7.58. The Balaban J connectivity index is 1.26. The number of likely N-dealkylation sites (tertiary alicyclic amines) is 1. The fourth-order valence-corrected chi connectivity index (χ4v) is 10.5. The molecule has 0 spiro atoms. The van der Waals surface area contributed by atoms with Crippen molar-refractivity contribution in [1.82, 2.24) is 45.0 Å². The van der Waals surface area contributed by atoms with Crippen LogP contribution in [0, 0.1) is 17.3 Å². The number of nitrogens with one attached hydrogen (secondary N) is 2. The largest absolute Gasteiger partial charge is 0.464 e. The Morgan fingerprint density at radius 3 is 2.57 bits per heavy atom. The number of cyclic esters (lactones) is 1. The molecule has 3 aromatic heterocycles. The number of ether oxygens (including phenoxy) is 2. The Kier molecular flexibility index (Phi) is 15.3. The van der Waals surface area contributed by atoms with E-state index in [0.29, 0.717) is 36.6 Å². The molecule has 3 aliphatic heterocycles. The van der Waals surface area contributed by atoms with Crippen molar-refractivity contribution in [2.24, 2.45) is 17.3 Å². The van der Waals surface area contributed by atoms with Crippen molar-refractivity contribution in [3.05, 3.63) is 70.4 Å². The van der Waals surface area contributed by atoms with Gasteiger partial charge in [0.2, 0.25) is 17.7 Å². The number of carbonyl (C=O) groups is 5. The summed E-state index contributed by atoms with van der Waals surface area (Å²) in [5, 5.41) is 7.11. The van der Waals surface area contributed by atoms with Crippen LogP contribution in [-0.2, 0) is 52.8 Å². The number of alkyl halides is 2. The van der Waals surface area contributed by atoms with E-state index in [0.717, 1.165) is 44.0 Å². The maximum atomic E-state index is 15.8. The number of nitrogens with zero attached hydrogens (tertiary/aromatic N) is 7. The molecular weight excluding hydrogens is 909 g/mol. The topological polar surface area (TPSA) is 172 Å². The van der Waals surface area contributed by atoms with Crippen LogP contribution in [0.2, 0.25) is 0 Å². The Labute approximate surface area is 406 Å². The molecule has 3 aliphatic rings. The molecule has 4 amide bonds. The van der Waals surface area contributed by atoms with Crippen molar-refractivity contribution < 1.29 is 42.2 Å². The van der Waals surface area contributed by atoms with Crippen LogP contribution >= 0.6 is 11.3 Å². The van der Waals surface area contributed by atoms with Crippen molar-refractivity contribution in [3.8, 4) is 22.5 Å². The molecule has 16 nitrogen and oxygen atoms in total. The lowest BCUT2D eigenvalue weighted by Crippen LogP contribution is -2.67. The van der Waals surface area contributed by atoms with E-state index in [9.17, 15) is 24.0 Å². The lowest BCUT2D eigenvalue weighted by Gasteiger charge is -2.40. The zero-order chi connectivity index (χ0) is 50.1. The van der Waals surface area contributed by atoms with Gasteiger partial charge in [0.25, 0.3) is 11.8 Å². The highest BCUT2D eigenvalue weighted by Gasteiger charge is 2.51. The molecule has 2 saturated heterocycles. The molecule has 372 valence electrons. The number of amides is 4. The second-order valence-corrected chi connectivity index (χ2v) is 20.7. The SMILES string of the molecule is CCn1c(-c2cccnc2[C@H](C)OC)c2c3cc(ccc31)-c1csc(n1)C[C@H](NC(=O)[C@H](C(C)C)N(C)C(=O)[C@H]1CCN(C(=O)/C=C/N(C)C)C1)C(=O)N1CCC(F)(F)[C@H](N1)C(=O)OCC(C)(C)C2. The molecule has 2 N–H and O–H groups in total. The van der Waals surface area contributed by atoms with Crippen LogP contribution in [0.25, 0.3) is 33.4 Å². The minimum Gasteiger partial charge on any atom is -0.464 e. The quantitative estimate of drug-likeness (QED) is 0.136. The molecule has 6 heterocycles. The zero-order valence-electron chi connectivity index (χ0n) is 41.2. The number of hydrazine groups is 1. The normalized spacial score (nSPS) is 21.6. The van der Waals surface area contributed by atoms with Gasteiger partial charge in [0.1, 0.15) is 12.1 Å². The number of fused-ring (bicyclic) bond motifs is 6.